The maximum absolute atomic E-state index is 12.1. The lowest BCUT2D eigenvalue weighted by Gasteiger charge is -2.08. The normalized spacial score (nSPS) is 20.2. The van der Waals surface area contributed by atoms with Gasteiger partial charge in [0, 0.05) is 19.8 Å². The van der Waals surface area contributed by atoms with Gasteiger partial charge in [0.15, 0.2) is 5.65 Å². The van der Waals surface area contributed by atoms with E-state index in [0.29, 0.717) is 5.92 Å². The Kier molecular flexibility index (Phi) is 2.48. The molecule has 90 valence electrons. The molecule has 17 heavy (non-hydrogen) atoms. The van der Waals surface area contributed by atoms with E-state index >= 15 is 0 Å². The molecule has 5 heteroatoms. The lowest BCUT2D eigenvalue weighted by Crippen LogP contribution is -2.26. The van der Waals surface area contributed by atoms with Gasteiger partial charge >= 0.3 is 5.69 Å². The highest BCUT2D eigenvalue weighted by Gasteiger charge is 2.19. The molecule has 0 aromatic carbocycles. The predicted octanol–water partition coefficient (Wildman–Crippen LogP) is 0.345. The highest BCUT2D eigenvalue weighted by atomic mass is 16.1. The average Bonchev–Trinajstić information content (AvgIpc) is 2.94. The molecule has 0 spiro atoms. The number of hydrogen-bond acceptors (Lipinski definition) is 3. The Morgan fingerprint density at radius 3 is 3.24 bits per heavy atom. The fourth-order valence-electron chi connectivity index (χ4n) is 2.53. The summed E-state index contributed by atoms with van der Waals surface area (Å²) >= 11 is 0. The molecule has 3 rings (SSSR count). The van der Waals surface area contributed by atoms with Crippen LogP contribution in [0.2, 0.25) is 0 Å². The molecule has 2 aromatic heterocycles. The van der Waals surface area contributed by atoms with E-state index in [9.17, 15) is 4.79 Å². The second-order valence-electron chi connectivity index (χ2n) is 4.66. The monoisotopic (exact) mass is 232 g/mol. The first-order valence-electron chi connectivity index (χ1n) is 5.98. The highest BCUT2D eigenvalue weighted by molar-refractivity contribution is 5.71. The van der Waals surface area contributed by atoms with Crippen molar-refractivity contribution in [2.45, 2.75) is 13.0 Å². The molecule has 0 aliphatic carbocycles. The third kappa shape index (κ3) is 1.67. The zero-order valence-electron chi connectivity index (χ0n) is 9.89. The standard InChI is InChI=1S/C12H16N4O/c1-15-10-3-2-5-14-11(10)16(12(15)17)8-9-4-6-13-7-9/h2-3,5,9,13H,4,6-8H2,1H3. The minimum absolute atomic E-state index is 0.0330. The van der Waals surface area contributed by atoms with Crippen molar-refractivity contribution < 1.29 is 0 Å². The number of hydrogen-bond donors (Lipinski definition) is 1. The van der Waals surface area contributed by atoms with Crippen LogP contribution < -0.4 is 11.0 Å². The SMILES string of the molecule is Cn1c(=O)n(CC2CCNC2)c2ncccc21. The number of aromatic nitrogens is 3. The predicted molar refractivity (Wildman–Crippen MR) is 66.0 cm³/mol. The Hall–Kier alpha value is -1.62. The molecule has 0 bridgehead atoms. The van der Waals surface area contributed by atoms with E-state index in [-0.39, 0.29) is 5.69 Å². The number of rotatable bonds is 2. The Labute approximate surface area is 99.1 Å². The molecule has 2 aromatic rings. The van der Waals surface area contributed by atoms with Crippen LogP contribution >= 0.6 is 0 Å². The van der Waals surface area contributed by atoms with E-state index in [1.807, 2.05) is 12.1 Å². The molecule has 1 fully saturated rings. The van der Waals surface area contributed by atoms with E-state index in [1.54, 1.807) is 22.4 Å². The lowest BCUT2D eigenvalue weighted by molar-refractivity contribution is 0.475. The van der Waals surface area contributed by atoms with Crippen LogP contribution in [0, 0.1) is 5.92 Å². The van der Waals surface area contributed by atoms with Crippen LogP contribution in [0.15, 0.2) is 23.1 Å². The summed E-state index contributed by atoms with van der Waals surface area (Å²) in [5, 5.41) is 3.32. The van der Waals surface area contributed by atoms with Crippen molar-refractivity contribution >= 4 is 11.2 Å². The summed E-state index contributed by atoms with van der Waals surface area (Å²) in [5.74, 6) is 0.542. The van der Waals surface area contributed by atoms with Gasteiger partial charge in [0.1, 0.15) is 0 Å². The number of aryl methyl sites for hydroxylation is 1. The smallest absolute Gasteiger partial charge is 0.316 e. The molecule has 1 saturated heterocycles. The van der Waals surface area contributed by atoms with Crippen molar-refractivity contribution in [3.63, 3.8) is 0 Å². The molecule has 5 nitrogen and oxygen atoms in total. The van der Waals surface area contributed by atoms with Crippen molar-refractivity contribution in [2.75, 3.05) is 13.1 Å². The van der Waals surface area contributed by atoms with E-state index in [2.05, 4.69) is 10.3 Å². The third-order valence-corrected chi connectivity index (χ3v) is 3.50. The number of nitrogens with one attached hydrogen (secondary N) is 1. The molecule has 0 radical (unpaired) electrons. The zero-order chi connectivity index (χ0) is 11.8. The first-order chi connectivity index (χ1) is 8.27. The van der Waals surface area contributed by atoms with Gasteiger partial charge in [0.25, 0.3) is 0 Å². The Balaban J connectivity index is 2.08. The fourth-order valence-corrected chi connectivity index (χ4v) is 2.53. The minimum atomic E-state index is 0.0330. The first kappa shape index (κ1) is 10.5. The summed E-state index contributed by atoms with van der Waals surface area (Å²) in [6.07, 6.45) is 2.88. The van der Waals surface area contributed by atoms with E-state index in [4.69, 9.17) is 0 Å². The highest BCUT2D eigenvalue weighted by Crippen LogP contribution is 2.14. The van der Waals surface area contributed by atoms with Gasteiger partial charge < -0.3 is 5.32 Å². The summed E-state index contributed by atoms with van der Waals surface area (Å²) < 4.78 is 3.47. The molecule has 1 aliphatic rings. The zero-order valence-corrected chi connectivity index (χ0v) is 9.89. The molecular formula is C12H16N4O. The summed E-state index contributed by atoms with van der Waals surface area (Å²) in [5.41, 5.74) is 1.74. The first-order valence-corrected chi connectivity index (χ1v) is 5.98. The second kappa shape index (κ2) is 4.00. The maximum atomic E-state index is 12.1. The van der Waals surface area contributed by atoms with E-state index < -0.39 is 0 Å². The van der Waals surface area contributed by atoms with Gasteiger partial charge in [-0.15, -0.1) is 0 Å². The van der Waals surface area contributed by atoms with Gasteiger partial charge in [0.05, 0.1) is 5.52 Å². The number of fused-ring (bicyclic) bond motifs is 1. The van der Waals surface area contributed by atoms with Crippen LogP contribution in [0.1, 0.15) is 6.42 Å². The quantitative estimate of drug-likeness (QED) is 0.812. The molecule has 1 N–H and O–H groups in total. The fraction of sp³-hybridized carbons (Fsp3) is 0.500. The van der Waals surface area contributed by atoms with Crippen LogP contribution in [0.3, 0.4) is 0 Å². The van der Waals surface area contributed by atoms with Crippen LogP contribution in [0.5, 0.6) is 0 Å². The molecule has 1 unspecified atom stereocenters. The van der Waals surface area contributed by atoms with Gasteiger partial charge in [-0.1, -0.05) is 0 Å². The number of pyridine rings is 1. The molecule has 0 saturated carbocycles. The topological polar surface area (TPSA) is 51.9 Å². The van der Waals surface area contributed by atoms with Crippen molar-refractivity contribution in [2.24, 2.45) is 13.0 Å². The number of imidazole rings is 1. The van der Waals surface area contributed by atoms with Crippen LogP contribution in [0.25, 0.3) is 11.2 Å². The van der Waals surface area contributed by atoms with E-state index in [0.717, 1.165) is 37.2 Å². The van der Waals surface area contributed by atoms with Crippen LogP contribution in [-0.4, -0.2) is 27.2 Å². The van der Waals surface area contributed by atoms with Crippen molar-refractivity contribution in [3.8, 4) is 0 Å². The summed E-state index contributed by atoms with van der Waals surface area (Å²) in [4.78, 5) is 16.5. The van der Waals surface area contributed by atoms with Crippen molar-refractivity contribution in [3.05, 3.63) is 28.8 Å². The van der Waals surface area contributed by atoms with Crippen LogP contribution in [-0.2, 0) is 13.6 Å². The Bertz CT molecular complexity index is 592. The molecular weight excluding hydrogens is 216 g/mol. The van der Waals surface area contributed by atoms with E-state index in [1.165, 1.54) is 0 Å². The lowest BCUT2D eigenvalue weighted by atomic mass is 10.1. The largest absolute Gasteiger partial charge is 0.330 e. The third-order valence-electron chi connectivity index (χ3n) is 3.50. The van der Waals surface area contributed by atoms with Gasteiger partial charge in [-0.3, -0.25) is 9.13 Å². The second-order valence-corrected chi connectivity index (χ2v) is 4.66. The Morgan fingerprint density at radius 2 is 2.47 bits per heavy atom. The van der Waals surface area contributed by atoms with Gasteiger partial charge in [-0.2, -0.15) is 0 Å². The number of nitrogens with zero attached hydrogens (tertiary/aromatic N) is 3. The minimum Gasteiger partial charge on any atom is -0.316 e. The van der Waals surface area contributed by atoms with Gasteiger partial charge in [0.2, 0.25) is 0 Å². The molecule has 3 heterocycles. The molecule has 1 atom stereocenters. The summed E-state index contributed by atoms with van der Waals surface area (Å²) in [6.45, 7) is 2.81. The molecule has 0 amide bonds. The molecule has 1 aliphatic heterocycles. The van der Waals surface area contributed by atoms with Crippen molar-refractivity contribution in [1.29, 1.82) is 0 Å². The van der Waals surface area contributed by atoms with Crippen molar-refractivity contribution in [1.82, 2.24) is 19.4 Å². The summed E-state index contributed by atoms with van der Waals surface area (Å²) in [6, 6.07) is 3.80. The van der Waals surface area contributed by atoms with Crippen LogP contribution in [0.4, 0.5) is 0 Å². The van der Waals surface area contributed by atoms with Gasteiger partial charge in [-0.25, -0.2) is 9.78 Å². The Morgan fingerprint density at radius 1 is 1.59 bits per heavy atom. The maximum Gasteiger partial charge on any atom is 0.330 e. The van der Waals surface area contributed by atoms with Gasteiger partial charge in [-0.05, 0) is 37.6 Å². The summed E-state index contributed by atoms with van der Waals surface area (Å²) in [7, 11) is 1.80. The average molecular weight is 232 g/mol.